The number of hydrogen-bond donors (Lipinski definition) is 0. The average Bonchev–Trinajstić information content (AvgIpc) is 2.75. The van der Waals surface area contributed by atoms with Gasteiger partial charge in [-0.1, -0.05) is 0 Å². The Hall–Kier alpha value is -0.870. The smallest absolute Gasteiger partial charge is 0.225 e. The first-order valence-corrected chi connectivity index (χ1v) is 6.95. The van der Waals surface area contributed by atoms with Crippen LogP contribution in [0.2, 0.25) is 0 Å². The third-order valence-electron chi connectivity index (χ3n) is 3.71. The second-order valence-electron chi connectivity index (χ2n) is 5.07. The van der Waals surface area contributed by atoms with Crippen molar-refractivity contribution in [3.05, 3.63) is 17.5 Å². The lowest BCUT2D eigenvalue weighted by Crippen LogP contribution is -2.37. The van der Waals surface area contributed by atoms with Gasteiger partial charge in [0.05, 0.1) is 5.88 Å². The number of alkyl halides is 1. The Kier molecular flexibility index (Phi) is 4.40. The van der Waals surface area contributed by atoms with Gasteiger partial charge < -0.3 is 9.80 Å². The van der Waals surface area contributed by atoms with Gasteiger partial charge in [-0.15, -0.1) is 11.6 Å². The van der Waals surface area contributed by atoms with E-state index in [1.165, 1.54) is 19.4 Å². The number of hydrogen-bond acceptors (Lipinski definition) is 4. The Balaban J connectivity index is 2.04. The van der Waals surface area contributed by atoms with Crippen LogP contribution in [0.1, 0.15) is 24.1 Å². The maximum Gasteiger partial charge on any atom is 0.225 e. The zero-order chi connectivity index (χ0) is 13.1. The summed E-state index contributed by atoms with van der Waals surface area (Å²) in [7, 11) is 4.25. The molecular weight excluding hydrogens is 248 g/mol. The Morgan fingerprint density at radius 2 is 2.33 bits per heavy atom. The molecule has 1 aliphatic heterocycles. The molecule has 1 aliphatic rings. The molecule has 100 valence electrons. The van der Waals surface area contributed by atoms with Crippen LogP contribution in [0.25, 0.3) is 0 Å². The lowest BCUT2D eigenvalue weighted by atomic mass is 10.2. The lowest BCUT2D eigenvalue weighted by Gasteiger charge is -2.26. The maximum atomic E-state index is 5.82. The molecule has 0 N–H and O–H groups in total. The first kappa shape index (κ1) is 13.6. The second kappa shape index (κ2) is 5.85. The number of nitrogens with zero attached hydrogens (tertiary/aromatic N) is 4. The van der Waals surface area contributed by atoms with Crippen molar-refractivity contribution in [3.8, 4) is 0 Å². The van der Waals surface area contributed by atoms with E-state index in [1.54, 1.807) is 0 Å². The molecule has 4 nitrogen and oxygen atoms in total. The molecular formula is C13H21ClN4. The van der Waals surface area contributed by atoms with Gasteiger partial charge in [0.2, 0.25) is 5.95 Å². The summed E-state index contributed by atoms with van der Waals surface area (Å²) in [5.41, 5.74) is 1.98. The number of anilines is 1. The molecule has 1 aromatic heterocycles. The number of halogens is 1. The molecule has 0 amide bonds. The molecule has 5 heteroatoms. The minimum atomic E-state index is 0.473. The fraction of sp³-hybridized carbons (Fsp3) is 0.692. The highest BCUT2D eigenvalue weighted by atomic mass is 35.5. The Morgan fingerprint density at radius 1 is 1.56 bits per heavy atom. The van der Waals surface area contributed by atoms with E-state index in [2.05, 4.69) is 33.9 Å². The van der Waals surface area contributed by atoms with Crippen molar-refractivity contribution in [2.24, 2.45) is 0 Å². The highest BCUT2D eigenvalue weighted by Gasteiger charge is 2.23. The monoisotopic (exact) mass is 268 g/mol. The topological polar surface area (TPSA) is 32.3 Å². The van der Waals surface area contributed by atoms with E-state index in [1.807, 2.05) is 13.1 Å². The largest absolute Gasteiger partial charge is 0.342 e. The fourth-order valence-corrected chi connectivity index (χ4v) is 2.66. The van der Waals surface area contributed by atoms with Gasteiger partial charge in [-0.25, -0.2) is 9.97 Å². The Morgan fingerprint density at radius 3 is 2.89 bits per heavy atom. The fourth-order valence-electron chi connectivity index (χ4n) is 2.40. The van der Waals surface area contributed by atoms with Crippen LogP contribution < -0.4 is 4.90 Å². The predicted octanol–water partition coefficient (Wildman–Crippen LogP) is 2.05. The SMILES string of the molecule is Cc1nc(N(C)CC2CCCN2C)ncc1CCl. The van der Waals surface area contributed by atoms with E-state index in [4.69, 9.17) is 11.6 Å². The second-order valence-corrected chi connectivity index (χ2v) is 5.34. The minimum Gasteiger partial charge on any atom is -0.342 e. The molecule has 0 saturated carbocycles. The molecule has 1 unspecified atom stereocenters. The van der Waals surface area contributed by atoms with Crippen molar-refractivity contribution in [3.63, 3.8) is 0 Å². The quantitative estimate of drug-likeness (QED) is 0.783. The van der Waals surface area contributed by atoms with Gasteiger partial charge in [0, 0.05) is 37.1 Å². The van der Waals surface area contributed by atoms with Crippen LogP contribution in [0.15, 0.2) is 6.20 Å². The van der Waals surface area contributed by atoms with Crippen molar-refractivity contribution in [2.45, 2.75) is 31.7 Å². The molecule has 2 rings (SSSR count). The van der Waals surface area contributed by atoms with Crippen molar-refractivity contribution < 1.29 is 0 Å². The molecule has 0 aliphatic carbocycles. The van der Waals surface area contributed by atoms with E-state index in [0.717, 1.165) is 23.8 Å². The molecule has 0 bridgehead atoms. The van der Waals surface area contributed by atoms with Crippen LogP contribution in [-0.2, 0) is 5.88 Å². The molecule has 1 saturated heterocycles. The summed E-state index contributed by atoms with van der Waals surface area (Å²) in [6, 6.07) is 0.617. The summed E-state index contributed by atoms with van der Waals surface area (Å²) >= 11 is 5.82. The van der Waals surface area contributed by atoms with E-state index >= 15 is 0 Å². The molecule has 1 atom stereocenters. The van der Waals surface area contributed by atoms with E-state index in [-0.39, 0.29) is 0 Å². The van der Waals surface area contributed by atoms with Gasteiger partial charge in [-0.2, -0.15) is 0 Å². The van der Waals surface area contributed by atoms with Gasteiger partial charge in [0.25, 0.3) is 0 Å². The lowest BCUT2D eigenvalue weighted by molar-refractivity contribution is 0.313. The minimum absolute atomic E-state index is 0.473. The number of rotatable bonds is 4. The molecule has 0 radical (unpaired) electrons. The average molecular weight is 269 g/mol. The molecule has 0 spiro atoms. The summed E-state index contributed by atoms with van der Waals surface area (Å²) in [5.74, 6) is 1.27. The van der Waals surface area contributed by atoms with Crippen LogP contribution >= 0.6 is 11.6 Å². The molecule has 2 heterocycles. The van der Waals surface area contributed by atoms with Gasteiger partial charge in [0.1, 0.15) is 0 Å². The number of likely N-dealkylation sites (tertiary alicyclic amines) is 1. The summed E-state index contributed by atoms with van der Waals surface area (Å²) in [5, 5.41) is 0. The van der Waals surface area contributed by atoms with Gasteiger partial charge >= 0.3 is 0 Å². The third-order valence-corrected chi connectivity index (χ3v) is 4.00. The Labute approximate surface area is 114 Å². The highest BCUT2D eigenvalue weighted by molar-refractivity contribution is 6.17. The zero-order valence-electron chi connectivity index (χ0n) is 11.4. The summed E-state index contributed by atoms with van der Waals surface area (Å²) in [6.07, 6.45) is 4.39. The number of likely N-dealkylation sites (N-methyl/N-ethyl adjacent to an activating group) is 2. The Bertz CT molecular complexity index is 410. The standard InChI is InChI=1S/C13H21ClN4/c1-10-11(7-14)8-15-13(16-10)18(3)9-12-5-4-6-17(12)2/h8,12H,4-7,9H2,1-3H3. The van der Waals surface area contributed by atoms with Crippen LogP contribution in [-0.4, -0.2) is 48.1 Å². The predicted molar refractivity (Wildman–Crippen MR) is 75.2 cm³/mol. The van der Waals surface area contributed by atoms with Crippen molar-refractivity contribution >= 4 is 17.5 Å². The van der Waals surface area contributed by atoms with Crippen LogP contribution in [0.4, 0.5) is 5.95 Å². The first-order chi connectivity index (χ1) is 8.61. The molecule has 18 heavy (non-hydrogen) atoms. The zero-order valence-corrected chi connectivity index (χ0v) is 12.1. The first-order valence-electron chi connectivity index (χ1n) is 6.41. The van der Waals surface area contributed by atoms with E-state index < -0.39 is 0 Å². The van der Waals surface area contributed by atoms with Crippen molar-refractivity contribution in [2.75, 3.05) is 32.1 Å². The maximum absolute atomic E-state index is 5.82. The molecule has 0 aromatic carbocycles. The van der Waals surface area contributed by atoms with Crippen molar-refractivity contribution in [1.29, 1.82) is 0 Å². The van der Waals surface area contributed by atoms with E-state index in [9.17, 15) is 0 Å². The van der Waals surface area contributed by atoms with Crippen LogP contribution in [0.3, 0.4) is 0 Å². The summed E-state index contributed by atoms with van der Waals surface area (Å²) < 4.78 is 0. The van der Waals surface area contributed by atoms with Gasteiger partial charge in [0.15, 0.2) is 0 Å². The third kappa shape index (κ3) is 2.93. The van der Waals surface area contributed by atoms with Gasteiger partial charge in [-0.3, -0.25) is 0 Å². The van der Waals surface area contributed by atoms with Crippen LogP contribution in [0.5, 0.6) is 0 Å². The summed E-state index contributed by atoms with van der Waals surface area (Å²) in [4.78, 5) is 13.5. The molecule has 1 aromatic rings. The van der Waals surface area contributed by atoms with Gasteiger partial charge in [-0.05, 0) is 33.4 Å². The van der Waals surface area contributed by atoms with Crippen molar-refractivity contribution in [1.82, 2.24) is 14.9 Å². The molecule has 1 fully saturated rings. The van der Waals surface area contributed by atoms with Crippen LogP contribution in [0, 0.1) is 6.92 Å². The van der Waals surface area contributed by atoms with E-state index in [0.29, 0.717) is 11.9 Å². The number of aryl methyl sites for hydroxylation is 1. The summed E-state index contributed by atoms with van der Waals surface area (Å²) in [6.45, 7) is 4.16. The number of aromatic nitrogens is 2. The normalized spacial score (nSPS) is 20.3. The highest BCUT2D eigenvalue weighted by Crippen LogP contribution is 2.18.